The summed E-state index contributed by atoms with van der Waals surface area (Å²) in [4.78, 5) is 23.5. The Kier molecular flexibility index (Phi) is 5.98. The number of carbonyl (C=O) groups excluding carboxylic acids is 2. The van der Waals surface area contributed by atoms with Gasteiger partial charge >= 0.3 is 0 Å². The number of rotatable bonds is 7. The number of furan rings is 1. The van der Waals surface area contributed by atoms with E-state index in [1.54, 1.807) is 48.5 Å². The Balaban J connectivity index is 1.43. The number of amides is 1. The van der Waals surface area contributed by atoms with Crippen LogP contribution in [-0.4, -0.2) is 17.3 Å². The molecule has 0 radical (unpaired) electrons. The van der Waals surface area contributed by atoms with E-state index in [0.29, 0.717) is 34.6 Å². The molecule has 0 aliphatic heterocycles. The zero-order valence-electron chi connectivity index (χ0n) is 16.7. The molecule has 0 aliphatic rings. The van der Waals surface area contributed by atoms with Crippen LogP contribution in [0.4, 0.5) is 10.1 Å². The fourth-order valence-corrected chi connectivity index (χ4v) is 3.07. The van der Waals surface area contributed by atoms with Crippen molar-refractivity contribution in [2.75, 3.05) is 5.32 Å². The lowest BCUT2D eigenvalue weighted by atomic mass is 10.1. The molecule has 3 aromatic carbocycles. The molecule has 0 spiro atoms. The molecule has 160 valence electrons. The van der Waals surface area contributed by atoms with Crippen molar-refractivity contribution in [2.45, 2.75) is 6.61 Å². The molecule has 4 aromatic rings. The number of anilines is 1. The van der Waals surface area contributed by atoms with E-state index in [1.807, 2.05) is 0 Å². The summed E-state index contributed by atoms with van der Waals surface area (Å²) >= 11 is 0. The van der Waals surface area contributed by atoms with Crippen molar-refractivity contribution in [3.05, 3.63) is 102 Å². The minimum Gasteiger partial charge on any atom is -0.507 e. The van der Waals surface area contributed by atoms with Crippen LogP contribution in [-0.2, 0) is 6.61 Å². The average Bonchev–Trinajstić information content (AvgIpc) is 3.28. The summed E-state index contributed by atoms with van der Waals surface area (Å²) in [7, 11) is 0. The van der Waals surface area contributed by atoms with Gasteiger partial charge in [-0.25, -0.2) is 4.39 Å². The summed E-state index contributed by atoms with van der Waals surface area (Å²) in [5.74, 6) is 0.0942. The van der Waals surface area contributed by atoms with Crippen LogP contribution in [0, 0.1) is 5.82 Å². The van der Waals surface area contributed by atoms with E-state index in [0.717, 1.165) is 0 Å². The highest BCUT2D eigenvalue weighted by Gasteiger charge is 2.15. The second-order valence-corrected chi connectivity index (χ2v) is 6.95. The van der Waals surface area contributed by atoms with E-state index in [9.17, 15) is 19.1 Å². The molecule has 0 bridgehead atoms. The largest absolute Gasteiger partial charge is 0.507 e. The van der Waals surface area contributed by atoms with E-state index in [1.165, 1.54) is 30.3 Å². The Bertz CT molecular complexity index is 1260. The molecule has 0 unspecified atom stereocenters. The van der Waals surface area contributed by atoms with Gasteiger partial charge in [0.2, 0.25) is 0 Å². The van der Waals surface area contributed by atoms with Gasteiger partial charge in [0, 0.05) is 11.3 Å². The third kappa shape index (κ3) is 4.84. The van der Waals surface area contributed by atoms with Crippen LogP contribution in [0.3, 0.4) is 0 Å². The highest BCUT2D eigenvalue weighted by Crippen LogP contribution is 2.28. The molecule has 0 fully saturated rings. The topological polar surface area (TPSA) is 88.8 Å². The van der Waals surface area contributed by atoms with Crippen LogP contribution in [0.2, 0.25) is 0 Å². The summed E-state index contributed by atoms with van der Waals surface area (Å²) in [6.07, 6.45) is 0.586. The summed E-state index contributed by atoms with van der Waals surface area (Å²) in [6, 6.07) is 20.4. The Morgan fingerprint density at radius 1 is 1.03 bits per heavy atom. The average molecular weight is 431 g/mol. The molecule has 2 N–H and O–H groups in total. The van der Waals surface area contributed by atoms with Crippen molar-refractivity contribution >= 4 is 17.9 Å². The van der Waals surface area contributed by atoms with E-state index < -0.39 is 5.91 Å². The maximum absolute atomic E-state index is 13.2. The smallest absolute Gasteiger partial charge is 0.259 e. The summed E-state index contributed by atoms with van der Waals surface area (Å²) in [5, 5.41) is 12.8. The number of carbonyl (C=O) groups is 2. The number of phenolic OH excluding ortho intramolecular Hbond substituents is 1. The standard InChI is InChI=1S/C25H18FNO5/c26-18-3-1-2-16(12-18)15-31-20-7-5-19(6-8-20)27-25(30)22-13-17(4-10-23(22)29)24-11-9-21(14-28)32-24/h1-14,29H,15H2,(H,27,30). The fourth-order valence-electron chi connectivity index (χ4n) is 3.07. The molecule has 7 heteroatoms. The van der Waals surface area contributed by atoms with E-state index in [2.05, 4.69) is 5.32 Å². The molecule has 32 heavy (non-hydrogen) atoms. The summed E-state index contributed by atoms with van der Waals surface area (Å²) in [6.45, 7) is 0.211. The summed E-state index contributed by atoms with van der Waals surface area (Å²) < 4.78 is 24.2. The summed E-state index contributed by atoms with van der Waals surface area (Å²) in [5.41, 5.74) is 1.80. The molecule has 0 aliphatic carbocycles. The van der Waals surface area contributed by atoms with Crippen molar-refractivity contribution in [1.82, 2.24) is 0 Å². The first kappa shape index (κ1) is 20.9. The SMILES string of the molecule is O=Cc1ccc(-c2ccc(O)c(C(=O)Nc3ccc(OCc4cccc(F)c4)cc3)c2)o1. The van der Waals surface area contributed by atoms with Crippen LogP contribution < -0.4 is 10.1 Å². The van der Waals surface area contributed by atoms with Gasteiger partial charge in [0.05, 0.1) is 5.56 Å². The third-order valence-corrected chi connectivity index (χ3v) is 4.68. The first-order valence-electron chi connectivity index (χ1n) is 9.69. The molecule has 1 heterocycles. The van der Waals surface area contributed by atoms with Crippen molar-refractivity contribution in [3.8, 4) is 22.8 Å². The number of ether oxygens (including phenoxy) is 1. The lowest BCUT2D eigenvalue weighted by Crippen LogP contribution is -2.12. The molecule has 0 atom stereocenters. The van der Waals surface area contributed by atoms with Gasteiger partial charge in [-0.3, -0.25) is 9.59 Å². The van der Waals surface area contributed by atoms with Gasteiger partial charge in [-0.2, -0.15) is 0 Å². The maximum Gasteiger partial charge on any atom is 0.259 e. The molecule has 0 saturated carbocycles. The normalized spacial score (nSPS) is 10.5. The first-order valence-corrected chi connectivity index (χ1v) is 9.69. The van der Waals surface area contributed by atoms with Gasteiger partial charge in [0.25, 0.3) is 5.91 Å². The number of hydrogen-bond acceptors (Lipinski definition) is 5. The zero-order chi connectivity index (χ0) is 22.5. The third-order valence-electron chi connectivity index (χ3n) is 4.68. The number of halogens is 1. The second-order valence-electron chi connectivity index (χ2n) is 6.95. The van der Waals surface area contributed by atoms with Crippen molar-refractivity contribution in [3.63, 3.8) is 0 Å². The number of benzene rings is 3. The first-order chi connectivity index (χ1) is 15.5. The predicted molar refractivity (Wildman–Crippen MR) is 116 cm³/mol. The van der Waals surface area contributed by atoms with E-state index in [4.69, 9.17) is 9.15 Å². The Morgan fingerprint density at radius 3 is 2.56 bits per heavy atom. The molecule has 0 saturated heterocycles. The lowest BCUT2D eigenvalue weighted by Gasteiger charge is -2.10. The Hall–Kier alpha value is -4.39. The van der Waals surface area contributed by atoms with E-state index >= 15 is 0 Å². The van der Waals surface area contributed by atoms with Crippen LogP contribution in [0.15, 0.2) is 83.3 Å². The number of nitrogens with one attached hydrogen (secondary N) is 1. The monoisotopic (exact) mass is 431 g/mol. The van der Waals surface area contributed by atoms with Crippen molar-refractivity contribution < 1.29 is 28.2 Å². The van der Waals surface area contributed by atoms with Crippen LogP contribution in [0.5, 0.6) is 11.5 Å². The van der Waals surface area contributed by atoms with Crippen LogP contribution in [0.25, 0.3) is 11.3 Å². The van der Waals surface area contributed by atoms with Crippen LogP contribution >= 0.6 is 0 Å². The van der Waals surface area contributed by atoms with Crippen molar-refractivity contribution in [1.29, 1.82) is 0 Å². The van der Waals surface area contributed by atoms with Crippen LogP contribution in [0.1, 0.15) is 26.5 Å². The molecule has 6 nitrogen and oxygen atoms in total. The van der Waals surface area contributed by atoms with Gasteiger partial charge in [0.1, 0.15) is 29.7 Å². The minimum atomic E-state index is -0.514. The highest BCUT2D eigenvalue weighted by atomic mass is 19.1. The fraction of sp³-hybridized carbons (Fsp3) is 0.0400. The maximum atomic E-state index is 13.2. The Morgan fingerprint density at radius 2 is 1.84 bits per heavy atom. The van der Waals surface area contributed by atoms with Gasteiger partial charge in [-0.05, 0) is 72.3 Å². The van der Waals surface area contributed by atoms with Gasteiger partial charge in [-0.15, -0.1) is 0 Å². The van der Waals surface area contributed by atoms with Gasteiger partial charge in [-0.1, -0.05) is 12.1 Å². The molecule has 1 aromatic heterocycles. The van der Waals surface area contributed by atoms with Crippen molar-refractivity contribution in [2.24, 2.45) is 0 Å². The molecular formula is C25H18FNO5. The van der Waals surface area contributed by atoms with Gasteiger partial charge in [0.15, 0.2) is 12.0 Å². The number of aldehydes is 1. The van der Waals surface area contributed by atoms with Gasteiger partial charge < -0.3 is 19.6 Å². The number of aromatic hydroxyl groups is 1. The highest BCUT2D eigenvalue weighted by molar-refractivity contribution is 6.06. The molecular weight excluding hydrogens is 413 g/mol. The molecule has 1 amide bonds. The zero-order valence-corrected chi connectivity index (χ0v) is 16.7. The lowest BCUT2D eigenvalue weighted by molar-refractivity contribution is 0.102. The second kappa shape index (κ2) is 9.18. The Labute approximate surface area is 182 Å². The number of phenols is 1. The predicted octanol–water partition coefficient (Wildman–Crippen LogP) is 5.44. The van der Waals surface area contributed by atoms with E-state index in [-0.39, 0.29) is 29.5 Å². The number of hydrogen-bond donors (Lipinski definition) is 2. The minimum absolute atomic E-state index is 0.0537. The molecule has 4 rings (SSSR count). The quantitative estimate of drug-likeness (QED) is 0.381.